The number of carbonyl (C=O) groups is 1. The molecule has 0 bridgehead atoms. The second-order valence-electron chi connectivity index (χ2n) is 5.09. The first-order chi connectivity index (χ1) is 8.72. The largest absolute Gasteiger partial charge is 0.294 e. The first-order valence-electron chi connectivity index (χ1n) is 7.36. The van der Waals surface area contributed by atoms with Crippen LogP contribution < -0.4 is 0 Å². The van der Waals surface area contributed by atoms with Gasteiger partial charge in [0.15, 0.2) is 5.78 Å². The fourth-order valence-corrected chi connectivity index (χ4v) is 2.51. The molecule has 0 saturated heterocycles. The Morgan fingerprint density at radius 3 is 2.28 bits per heavy atom. The summed E-state index contributed by atoms with van der Waals surface area (Å²) in [6.07, 6.45) is 6.41. The number of ketones is 1. The fourth-order valence-electron chi connectivity index (χ4n) is 2.51. The van der Waals surface area contributed by atoms with Gasteiger partial charge in [-0.3, -0.25) is 4.79 Å². The van der Waals surface area contributed by atoms with Crippen molar-refractivity contribution < 1.29 is 4.79 Å². The third kappa shape index (κ3) is 4.29. The van der Waals surface area contributed by atoms with E-state index in [4.69, 9.17) is 0 Å². The predicted octanol–water partition coefficient (Wildman–Crippen LogP) is 5.04. The Bertz CT molecular complexity index is 362. The van der Waals surface area contributed by atoms with Crippen molar-refractivity contribution in [2.45, 2.75) is 59.3 Å². The van der Waals surface area contributed by atoms with Crippen molar-refractivity contribution in [3.05, 3.63) is 35.4 Å². The van der Waals surface area contributed by atoms with Crippen LogP contribution in [0.5, 0.6) is 0 Å². The highest BCUT2D eigenvalue weighted by Gasteiger charge is 2.18. The second-order valence-corrected chi connectivity index (χ2v) is 5.09. The quantitative estimate of drug-likeness (QED) is 0.587. The van der Waals surface area contributed by atoms with E-state index in [2.05, 4.69) is 32.9 Å². The molecule has 0 heterocycles. The number of hydrogen-bond donors (Lipinski definition) is 0. The molecule has 0 N–H and O–H groups in total. The third-order valence-corrected chi connectivity index (χ3v) is 3.40. The summed E-state index contributed by atoms with van der Waals surface area (Å²) in [4.78, 5) is 12.5. The molecule has 0 amide bonds. The number of benzene rings is 1. The average molecular weight is 246 g/mol. The van der Waals surface area contributed by atoms with Crippen molar-refractivity contribution >= 4 is 5.78 Å². The Kier molecular flexibility index (Phi) is 6.70. The van der Waals surface area contributed by atoms with Gasteiger partial charge < -0.3 is 0 Å². The molecular weight excluding hydrogens is 220 g/mol. The summed E-state index contributed by atoms with van der Waals surface area (Å²) in [5, 5.41) is 0. The summed E-state index contributed by atoms with van der Waals surface area (Å²) in [6, 6.07) is 8.20. The lowest BCUT2D eigenvalue weighted by molar-refractivity contribution is 0.0905. The number of carbonyl (C=O) groups excluding carboxylic acids is 1. The molecule has 0 fully saturated rings. The first-order valence-corrected chi connectivity index (χ1v) is 7.36. The maximum Gasteiger partial charge on any atom is 0.165 e. The molecule has 0 saturated carbocycles. The first kappa shape index (κ1) is 14.9. The summed E-state index contributed by atoms with van der Waals surface area (Å²) < 4.78 is 0. The van der Waals surface area contributed by atoms with Gasteiger partial charge in [0.2, 0.25) is 0 Å². The number of rotatable bonds is 8. The van der Waals surface area contributed by atoms with E-state index >= 15 is 0 Å². The molecule has 1 aromatic carbocycles. The van der Waals surface area contributed by atoms with Gasteiger partial charge in [-0.05, 0) is 30.9 Å². The van der Waals surface area contributed by atoms with Crippen LogP contribution in [0.3, 0.4) is 0 Å². The van der Waals surface area contributed by atoms with E-state index in [-0.39, 0.29) is 5.92 Å². The number of aryl methyl sites for hydroxylation is 1. The zero-order valence-electron chi connectivity index (χ0n) is 12.0. The summed E-state index contributed by atoms with van der Waals surface area (Å²) in [6.45, 7) is 6.48. The standard InChI is InChI=1S/C17H26O/c1-4-8-14-11-7-12-16(13-14)17(18)15(9-5-2)10-6-3/h7,11-13,15H,4-6,8-10H2,1-3H3. The van der Waals surface area contributed by atoms with E-state index in [1.54, 1.807) is 0 Å². The van der Waals surface area contributed by atoms with Crippen LogP contribution in [0.2, 0.25) is 0 Å². The molecule has 0 radical (unpaired) electrons. The zero-order valence-corrected chi connectivity index (χ0v) is 12.0. The van der Waals surface area contributed by atoms with Crippen LogP contribution in [0.4, 0.5) is 0 Å². The van der Waals surface area contributed by atoms with Gasteiger partial charge in [0.25, 0.3) is 0 Å². The zero-order chi connectivity index (χ0) is 13.4. The van der Waals surface area contributed by atoms with Crippen molar-refractivity contribution in [1.29, 1.82) is 0 Å². The molecule has 0 atom stereocenters. The van der Waals surface area contributed by atoms with Crippen molar-refractivity contribution in [3.63, 3.8) is 0 Å². The van der Waals surface area contributed by atoms with Crippen molar-refractivity contribution in [1.82, 2.24) is 0 Å². The van der Waals surface area contributed by atoms with Gasteiger partial charge in [-0.1, -0.05) is 58.2 Å². The molecule has 0 aliphatic carbocycles. The fraction of sp³-hybridized carbons (Fsp3) is 0.588. The minimum Gasteiger partial charge on any atom is -0.294 e. The Hall–Kier alpha value is -1.11. The Balaban J connectivity index is 2.82. The van der Waals surface area contributed by atoms with Gasteiger partial charge in [-0.15, -0.1) is 0 Å². The monoisotopic (exact) mass is 246 g/mol. The highest BCUT2D eigenvalue weighted by molar-refractivity contribution is 5.97. The molecule has 100 valence electrons. The summed E-state index contributed by atoms with van der Waals surface area (Å²) in [7, 11) is 0. The minimum absolute atomic E-state index is 0.219. The SMILES string of the molecule is CCCc1cccc(C(=O)C(CCC)CCC)c1. The summed E-state index contributed by atoms with van der Waals surface area (Å²) in [5.41, 5.74) is 2.20. The van der Waals surface area contributed by atoms with Crippen molar-refractivity contribution in [3.8, 4) is 0 Å². The van der Waals surface area contributed by atoms with Crippen LogP contribution in [0.1, 0.15) is 68.8 Å². The van der Waals surface area contributed by atoms with E-state index in [9.17, 15) is 4.79 Å². The van der Waals surface area contributed by atoms with Gasteiger partial charge in [-0.2, -0.15) is 0 Å². The van der Waals surface area contributed by atoms with Crippen molar-refractivity contribution in [2.24, 2.45) is 5.92 Å². The highest BCUT2D eigenvalue weighted by atomic mass is 16.1. The topological polar surface area (TPSA) is 17.1 Å². The molecule has 1 rings (SSSR count). The lowest BCUT2D eigenvalue weighted by Crippen LogP contribution is -2.14. The maximum absolute atomic E-state index is 12.5. The highest BCUT2D eigenvalue weighted by Crippen LogP contribution is 2.20. The van der Waals surface area contributed by atoms with Crippen LogP contribution in [-0.2, 0) is 6.42 Å². The van der Waals surface area contributed by atoms with Crippen molar-refractivity contribution in [2.75, 3.05) is 0 Å². The van der Waals surface area contributed by atoms with Gasteiger partial charge in [0, 0.05) is 11.5 Å². The van der Waals surface area contributed by atoms with Gasteiger partial charge in [-0.25, -0.2) is 0 Å². The molecule has 0 aliphatic heterocycles. The van der Waals surface area contributed by atoms with E-state index in [1.165, 1.54) is 5.56 Å². The molecule has 0 spiro atoms. The van der Waals surface area contributed by atoms with E-state index < -0.39 is 0 Å². The Morgan fingerprint density at radius 1 is 1.06 bits per heavy atom. The van der Waals surface area contributed by atoms with Crippen LogP contribution in [0.15, 0.2) is 24.3 Å². The van der Waals surface area contributed by atoms with E-state index in [0.717, 1.165) is 44.1 Å². The molecule has 1 aromatic rings. The Morgan fingerprint density at radius 2 is 1.72 bits per heavy atom. The average Bonchev–Trinajstić information content (AvgIpc) is 2.38. The molecule has 0 aromatic heterocycles. The van der Waals surface area contributed by atoms with E-state index in [1.807, 2.05) is 12.1 Å². The smallest absolute Gasteiger partial charge is 0.165 e. The molecule has 0 unspecified atom stereocenters. The van der Waals surface area contributed by atoms with E-state index in [0.29, 0.717) is 5.78 Å². The molecule has 1 nitrogen and oxygen atoms in total. The minimum atomic E-state index is 0.219. The van der Waals surface area contributed by atoms with Gasteiger partial charge >= 0.3 is 0 Å². The number of Topliss-reactive ketones (excluding diaryl/α,β-unsaturated/α-hetero) is 1. The Labute approximate surface area is 112 Å². The normalized spacial score (nSPS) is 10.9. The molecular formula is C17H26O. The number of hydrogen-bond acceptors (Lipinski definition) is 1. The molecule has 1 heteroatoms. The van der Waals surface area contributed by atoms with Gasteiger partial charge in [0.05, 0.1) is 0 Å². The van der Waals surface area contributed by atoms with Crippen LogP contribution in [0, 0.1) is 5.92 Å². The predicted molar refractivity (Wildman–Crippen MR) is 78.1 cm³/mol. The molecule has 18 heavy (non-hydrogen) atoms. The molecule has 0 aliphatic rings. The van der Waals surface area contributed by atoms with Crippen LogP contribution in [0.25, 0.3) is 0 Å². The summed E-state index contributed by atoms with van der Waals surface area (Å²) >= 11 is 0. The third-order valence-electron chi connectivity index (χ3n) is 3.40. The van der Waals surface area contributed by atoms with Crippen LogP contribution in [-0.4, -0.2) is 5.78 Å². The lowest BCUT2D eigenvalue weighted by atomic mass is 9.89. The maximum atomic E-state index is 12.5. The lowest BCUT2D eigenvalue weighted by Gasteiger charge is -2.14. The van der Waals surface area contributed by atoms with Crippen LogP contribution >= 0.6 is 0 Å². The van der Waals surface area contributed by atoms with Gasteiger partial charge in [0.1, 0.15) is 0 Å². The second kappa shape index (κ2) is 8.07. The summed E-state index contributed by atoms with van der Waals surface area (Å²) in [5.74, 6) is 0.563.